The van der Waals surface area contributed by atoms with E-state index >= 15 is 0 Å². The summed E-state index contributed by atoms with van der Waals surface area (Å²) in [6, 6.07) is 8.68. The van der Waals surface area contributed by atoms with E-state index in [1.54, 1.807) is 0 Å². The van der Waals surface area contributed by atoms with E-state index < -0.39 is 0 Å². The number of hydrogen-bond acceptors (Lipinski definition) is 2. The second kappa shape index (κ2) is 5.80. The minimum atomic E-state index is 0.123. The van der Waals surface area contributed by atoms with Crippen molar-refractivity contribution in [2.24, 2.45) is 0 Å². The smallest absolute Gasteiger partial charge is 0.0762 e. The van der Waals surface area contributed by atoms with Crippen LogP contribution in [0.2, 0.25) is 0 Å². The van der Waals surface area contributed by atoms with Gasteiger partial charge in [0.05, 0.1) is 12.2 Å². The molecule has 0 fully saturated rings. The van der Waals surface area contributed by atoms with Crippen LogP contribution in [-0.4, -0.2) is 15.3 Å². The van der Waals surface area contributed by atoms with Crippen LogP contribution in [0.3, 0.4) is 0 Å². The first-order valence-corrected chi connectivity index (χ1v) is 7.17. The highest BCUT2D eigenvalue weighted by Crippen LogP contribution is 2.11. The molecule has 2 rings (SSSR count). The lowest BCUT2D eigenvalue weighted by molar-refractivity contribution is 0.419. The lowest BCUT2D eigenvalue weighted by Crippen LogP contribution is -2.35. The van der Waals surface area contributed by atoms with Crippen molar-refractivity contribution in [3.63, 3.8) is 0 Å². The number of nitrogens with one attached hydrogen (secondary N) is 1. The number of aromatic nitrogens is 2. The second-order valence-corrected chi connectivity index (χ2v) is 6.53. The Hall–Kier alpha value is -1.61. The van der Waals surface area contributed by atoms with E-state index in [9.17, 15) is 0 Å². The molecule has 3 nitrogen and oxygen atoms in total. The minimum absolute atomic E-state index is 0.123. The predicted molar refractivity (Wildman–Crippen MR) is 83.8 cm³/mol. The van der Waals surface area contributed by atoms with Gasteiger partial charge in [-0.3, -0.25) is 4.68 Å². The van der Waals surface area contributed by atoms with Gasteiger partial charge in [-0.2, -0.15) is 5.10 Å². The standard InChI is InChI=1S/C17H25N3/c1-13-6-7-15(10-14(13)2)12-20-9-8-16(19-20)11-18-17(3,4)5/h6-10,18H,11-12H2,1-5H3. The third-order valence-corrected chi connectivity index (χ3v) is 3.41. The van der Waals surface area contributed by atoms with Gasteiger partial charge >= 0.3 is 0 Å². The number of benzene rings is 1. The molecule has 1 aromatic heterocycles. The summed E-state index contributed by atoms with van der Waals surface area (Å²) in [7, 11) is 0. The third-order valence-electron chi connectivity index (χ3n) is 3.41. The van der Waals surface area contributed by atoms with Gasteiger partial charge in [0.2, 0.25) is 0 Å². The molecule has 2 aromatic rings. The molecule has 0 aliphatic heterocycles. The van der Waals surface area contributed by atoms with Crippen molar-refractivity contribution in [2.45, 2.75) is 53.2 Å². The van der Waals surface area contributed by atoms with Crippen molar-refractivity contribution in [3.05, 3.63) is 52.8 Å². The summed E-state index contributed by atoms with van der Waals surface area (Å²) in [5.74, 6) is 0. The normalized spacial score (nSPS) is 11.8. The fraction of sp³-hybridized carbons (Fsp3) is 0.471. The van der Waals surface area contributed by atoms with Crippen molar-refractivity contribution in [2.75, 3.05) is 0 Å². The fourth-order valence-electron chi connectivity index (χ4n) is 2.03. The Balaban J connectivity index is 2.00. The predicted octanol–water partition coefficient (Wildman–Crippen LogP) is 3.44. The van der Waals surface area contributed by atoms with Crippen LogP contribution in [0.25, 0.3) is 0 Å². The van der Waals surface area contributed by atoms with E-state index in [0.717, 1.165) is 18.8 Å². The maximum absolute atomic E-state index is 4.61. The van der Waals surface area contributed by atoms with Gasteiger partial charge in [0.1, 0.15) is 0 Å². The second-order valence-electron chi connectivity index (χ2n) is 6.53. The summed E-state index contributed by atoms with van der Waals surface area (Å²) in [6.07, 6.45) is 2.05. The molecule has 0 spiro atoms. The first-order valence-electron chi connectivity index (χ1n) is 7.17. The molecule has 0 aliphatic carbocycles. The largest absolute Gasteiger partial charge is 0.306 e. The number of rotatable bonds is 4. The fourth-order valence-corrected chi connectivity index (χ4v) is 2.03. The van der Waals surface area contributed by atoms with E-state index in [4.69, 9.17) is 0 Å². The number of aryl methyl sites for hydroxylation is 2. The maximum Gasteiger partial charge on any atom is 0.0762 e. The molecule has 108 valence electrons. The zero-order chi connectivity index (χ0) is 14.8. The zero-order valence-corrected chi connectivity index (χ0v) is 13.2. The van der Waals surface area contributed by atoms with Gasteiger partial charge in [0.15, 0.2) is 0 Å². The molecule has 0 radical (unpaired) electrons. The van der Waals surface area contributed by atoms with Crippen LogP contribution in [-0.2, 0) is 13.1 Å². The summed E-state index contributed by atoms with van der Waals surface area (Å²) in [5, 5.41) is 8.07. The van der Waals surface area contributed by atoms with Crippen molar-refractivity contribution in [3.8, 4) is 0 Å². The number of nitrogens with zero attached hydrogens (tertiary/aromatic N) is 2. The molecule has 0 saturated carbocycles. The average molecular weight is 271 g/mol. The minimum Gasteiger partial charge on any atom is -0.306 e. The summed E-state index contributed by atoms with van der Waals surface area (Å²) in [6.45, 7) is 12.4. The molecule has 1 aromatic carbocycles. The van der Waals surface area contributed by atoms with Crippen LogP contribution >= 0.6 is 0 Å². The lowest BCUT2D eigenvalue weighted by atomic mass is 10.1. The van der Waals surface area contributed by atoms with Crippen LogP contribution in [0.5, 0.6) is 0 Å². The Labute approximate surface area is 122 Å². The molecule has 0 aliphatic rings. The highest BCUT2D eigenvalue weighted by atomic mass is 15.3. The molecule has 0 unspecified atom stereocenters. The first-order chi connectivity index (χ1) is 9.33. The molecule has 1 N–H and O–H groups in total. The van der Waals surface area contributed by atoms with Crippen LogP contribution < -0.4 is 5.32 Å². The SMILES string of the molecule is Cc1ccc(Cn2ccc(CNC(C)(C)C)n2)cc1C. The van der Waals surface area contributed by atoms with Crippen molar-refractivity contribution >= 4 is 0 Å². The van der Waals surface area contributed by atoms with Crippen molar-refractivity contribution < 1.29 is 0 Å². The van der Waals surface area contributed by atoms with Crippen LogP contribution in [0.4, 0.5) is 0 Å². The van der Waals surface area contributed by atoms with Gasteiger partial charge in [-0.25, -0.2) is 0 Å². The molecular formula is C17H25N3. The van der Waals surface area contributed by atoms with Gasteiger partial charge in [0.25, 0.3) is 0 Å². The van der Waals surface area contributed by atoms with Gasteiger partial charge in [-0.15, -0.1) is 0 Å². The van der Waals surface area contributed by atoms with E-state index in [1.165, 1.54) is 16.7 Å². The molecule has 3 heteroatoms. The molecule has 0 atom stereocenters. The highest BCUT2D eigenvalue weighted by molar-refractivity contribution is 5.30. The Kier molecular flexibility index (Phi) is 4.29. The van der Waals surface area contributed by atoms with E-state index in [0.29, 0.717) is 0 Å². The van der Waals surface area contributed by atoms with Gasteiger partial charge in [0, 0.05) is 18.3 Å². The summed E-state index contributed by atoms with van der Waals surface area (Å²) < 4.78 is 2.00. The van der Waals surface area contributed by atoms with Gasteiger partial charge in [-0.05, 0) is 57.4 Å². The van der Waals surface area contributed by atoms with Gasteiger partial charge in [-0.1, -0.05) is 18.2 Å². The van der Waals surface area contributed by atoms with E-state index in [-0.39, 0.29) is 5.54 Å². The summed E-state index contributed by atoms with van der Waals surface area (Å²) >= 11 is 0. The van der Waals surface area contributed by atoms with E-state index in [2.05, 4.69) is 75.5 Å². The molecule has 0 amide bonds. The van der Waals surface area contributed by atoms with Crippen LogP contribution in [0, 0.1) is 13.8 Å². The molecular weight excluding hydrogens is 246 g/mol. The Bertz CT molecular complexity index is 576. The Morgan fingerprint density at radius 2 is 1.85 bits per heavy atom. The summed E-state index contributed by atoms with van der Waals surface area (Å²) in [5.41, 5.74) is 5.18. The van der Waals surface area contributed by atoms with Crippen LogP contribution in [0.1, 0.15) is 43.2 Å². The van der Waals surface area contributed by atoms with Gasteiger partial charge < -0.3 is 5.32 Å². The quantitative estimate of drug-likeness (QED) is 0.923. The molecule has 1 heterocycles. The van der Waals surface area contributed by atoms with Crippen molar-refractivity contribution in [1.82, 2.24) is 15.1 Å². The lowest BCUT2D eigenvalue weighted by Gasteiger charge is -2.19. The highest BCUT2D eigenvalue weighted by Gasteiger charge is 2.09. The maximum atomic E-state index is 4.61. The van der Waals surface area contributed by atoms with Crippen molar-refractivity contribution in [1.29, 1.82) is 0 Å². The first kappa shape index (κ1) is 14.8. The molecule has 0 bridgehead atoms. The third kappa shape index (κ3) is 4.20. The molecule has 20 heavy (non-hydrogen) atoms. The Morgan fingerprint density at radius 3 is 2.50 bits per heavy atom. The zero-order valence-electron chi connectivity index (χ0n) is 13.2. The van der Waals surface area contributed by atoms with Crippen LogP contribution in [0.15, 0.2) is 30.5 Å². The summed E-state index contributed by atoms with van der Waals surface area (Å²) in [4.78, 5) is 0. The Morgan fingerprint density at radius 1 is 1.10 bits per heavy atom. The topological polar surface area (TPSA) is 29.9 Å². The van der Waals surface area contributed by atoms with E-state index in [1.807, 2.05) is 4.68 Å². The average Bonchev–Trinajstić information content (AvgIpc) is 2.78. The molecule has 0 saturated heterocycles. The number of hydrogen-bond donors (Lipinski definition) is 1. The monoisotopic (exact) mass is 271 g/mol.